The molecule has 218 valence electrons. The minimum atomic E-state index is -1.35. The lowest BCUT2D eigenvalue weighted by molar-refractivity contribution is -0.386. The molecule has 41 heavy (non-hydrogen) atoms. The molecule has 4 aliphatic rings. The van der Waals surface area contributed by atoms with E-state index in [0.717, 1.165) is 18.9 Å². The number of carbonyl (C=O) groups excluding carboxylic acids is 1. The second-order valence-corrected chi connectivity index (χ2v) is 10.0. The number of hydrogen-bond acceptors (Lipinski definition) is 12. The Morgan fingerprint density at radius 2 is 2.07 bits per heavy atom. The van der Waals surface area contributed by atoms with Crippen LogP contribution >= 0.6 is 0 Å². The number of benzene rings is 1. The van der Waals surface area contributed by atoms with E-state index in [0.29, 0.717) is 5.71 Å². The van der Waals surface area contributed by atoms with Crippen LogP contribution in [0.3, 0.4) is 0 Å². The van der Waals surface area contributed by atoms with E-state index < -0.39 is 34.6 Å². The van der Waals surface area contributed by atoms with E-state index in [-0.39, 0.29) is 72.4 Å². The average Bonchev–Trinajstić information content (AvgIpc) is 3.71. The highest BCUT2D eigenvalue weighted by molar-refractivity contribution is 6.19. The van der Waals surface area contributed by atoms with Gasteiger partial charge in [0.1, 0.15) is 18.3 Å². The molecule has 14 nitrogen and oxygen atoms in total. The number of oxime groups is 1. The minimum Gasteiger partial charge on any atom is -0.493 e. The third kappa shape index (κ3) is 5.19. The van der Waals surface area contributed by atoms with Gasteiger partial charge in [-0.15, -0.1) is 0 Å². The van der Waals surface area contributed by atoms with Crippen molar-refractivity contribution in [3.8, 4) is 11.5 Å². The summed E-state index contributed by atoms with van der Waals surface area (Å²) in [6.07, 6.45) is 3.35. The molecule has 15 heteroatoms. The number of carboxylic acids is 1. The summed E-state index contributed by atoms with van der Waals surface area (Å²) in [5.74, 6) is -3.95. The number of nitrogens with two attached hydrogens (primary N) is 1. The Hall–Kier alpha value is -4.53. The number of rotatable bonds is 9. The van der Waals surface area contributed by atoms with Gasteiger partial charge in [0.25, 0.3) is 0 Å². The van der Waals surface area contributed by atoms with Crippen LogP contribution in [0.15, 0.2) is 46.0 Å². The maximum absolute atomic E-state index is 15.4. The van der Waals surface area contributed by atoms with Crippen molar-refractivity contribution >= 4 is 29.0 Å². The van der Waals surface area contributed by atoms with Crippen molar-refractivity contribution in [1.29, 1.82) is 0 Å². The summed E-state index contributed by atoms with van der Waals surface area (Å²) in [5.41, 5.74) is 5.98. The van der Waals surface area contributed by atoms with Gasteiger partial charge in [-0.3, -0.25) is 14.9 Å². The number of nitro groups is 1. The zero-order valence-corrected chi connectivity index (χ0v) is 22.4. The van der Waals surface area contributed by atoms with Crippen LogP contribution in [0.2, 0.25) is 0 Å². The van der Waals surface area contributed by atoms with E-state index in [1.165, 1.54) is 32.6 Å². The largest absolute Gasteiger partial charge is 0.493 e. The highest BCUT2D eigenvalue weighted by atomic mass is 19.1. The van der Waals surface area contributed by atoms with Crippen molar-refractivity contribution < 1.29 is 38.3 Å². The van der Waals surface area contributed by atoms with Gasteiger partial charge in [-0.1, -0.05) is 5.16 Å². The Balaban J connectivity index is 1.36. The zero-order chi connectivity index (χ0) is 29.4. The van der Waals surface area contributed by atoms with Gasteiger partial charge in [0.15, 0.2) is 23.2 Å². The molecule has 1 saturated carbocycles. The normalized spacial score (nSPS) is 24.9. The molecule has 0 aromatic heterocycles. The smallest absolute Gasteiger partial charge is 0.340 e. The van der Waals surface area contributed by atoms with Crippen LogP contribution in [0.25, 0.3) is 0 Å². The Morgan fingerprint density at radius 1 is 1.32 bits per heavy atom. The molecule has 3 unspecified atom stereocenters. The number of methoxy groups -OCH3 is 2. The molecule has 1 aromatic rings. The predicted molar refractivity (Wildman–Crippen MR) is 142 cm³/mol. The molecule has 5 rings (SSSR count). The van der Waals surface area contributed by atoms with Crippen molar-refractivity contribution in [3.63, 3.8) is 0 Å². The van der Waals surface area contributed by atoms with Crippen LogP contribution in [-0.4, -0.2) is 89.2 Å². The number of ketones is 1. The number of nitro benzene ring substituents is 1. The number of aliphatic carboxylic acids is 1. The van der Waals surface area contributed by atoms with E-state index in [4.69, 9.17) is 20.0 Å². The first-order valence-electron chi connectivity index (χ1n) is 12.9. The topological polar surface area (TPSA) is 182 Å². The summed E-state index contributed by atoms with van der Waals surface area (Å²) in [6.45, 7) is 0.339. The molecule has 1 aromatic carbocycles. The molecule has 3 heterocycles. The fourth-order valence-corrected chi connectivity index (χ4v) is 5.29. The Bertz CT molecular complexity index is 1400. The molecule has 0 radical (unpaired) electrons. The lowest BCUT2D eigenvalue weighted by atomic mass is 9.88. The van der Waals surface area contributed by atoms with E-state index in [1.54, 1.807) is 9.80 Å². The third-order valence-corrected chi connectivity index (χ3v) is 7.50. The number of amidine groups is 1. The Labute approximate surface area is 233 Å². The van der Waals surface area contributed by atoms with Crippen molar-refractivity contribution in [2.45, 2.75) is 31.7 Å². The summed E-state index contributed by atoms with van der Waals surface area (Å²) in [5, 5.41) is 25.4. The Morgan fingerprint density at radius 3 is 2.68 bits per heavy atom. The number of halogens is 1. The standard InChI is InChI=1S/C26H29FN6O8/c1-39-20-6-3-13(21(33(37)38)23(20)40-2)12-41-30-19-11-31(9-14(19)8-28)25-18(27)7-16-22(34)17(26(35)36)10-32(15-4-5-15)24(16)29-25/h3,6-7,10,14-16,24H,4-5,8-9,11-12,28H2,1-2H3,(H,35,36)/b30-19-. The number of carbonyl (C=O) groups is 2. The highest BCUT2D eigenvalue weighted by Gasteiger charge is 2.47. The van der Waals surface area contributed by atoms with Crippen LogP contribution in [0.1, 0.15) is 18.4 Å². The monoisotopic (exact) mass is 572 g/mol. The number of dihydropyridines is 1. The van der Waals surface area contributed by atoms with Gasteiger partial charge in [0.2, 0.25) is 5.75 Å². The molecule has 3 aliphatic heterocycles. The predicted octanol–water partition coefficient (Wildman–Crippen LogP) is 1.60. The number of fused-ring (bicyclic) bond motifs is 1. The van der Waals surface area contributed by atoms with Crippen LogP contribution in [0, 0.1) is 22.0 Å². The molecule has 3 N–H and O–H groups in total. The molecule has 0 spiro atoms. The van der Waals surface area contributed by atoms with Gasteiger partial charge >= 0.3 is 11.7 Å². The summed E-state index contributed by atoms with van der Waals surface area (Å²) in [4.78, 5) is 49.0. The SMILES string of the molecule is COc1ccc(CO/N=C2/CN(C3=NC4C(C=C3F)C(=O)C(C(=O)O)=CN4C3CC3)CC2CN)c([N+](=O)[O-])c1OC. The van der Waals surface area contributed by atoms with Crippen molar-refractivity contribution in [2.24, 2.45) is 27.7 Å². The second-order valence-electron chi connectivity index (χ2n) is 10.0. The highest BCUT2D eigenvalue weighted by Crippen LogP contribution is 2.41. The molecule has 3 atom stereocenters. The minimum absolute atomic E-state index is 0.0241. The van der Waals surface area contributed by atoms with Crippen LogP contribution in [-0.2, 0) is 21.0 Å². The van der Waals surface area contributed by atoms with Gasteiger partial charge in [-0.2, -0.15) is 0 Å². The lowest BCUT2D eigenvalue weighted by Crippen LogP contribution is -2.49. The number of carboxylic acid groups (broad SMARTS) is 1. The molecule has 1 aliphatic carbocycles. The van der Waals surface area contributed by atoms with Crippen molar-refractivity contribution in [2.75, 3.05) is 33.9 Å². The molecular formula is C26H29FN6O8. The van der Waals surface area contributed by atoms with Crippen LogP contribution in [0.5, 0.6) is 11.5 Å². The summed E-state index contributed by atoms with van der Waals surface area (Å²) < 4.78 is 25.7. The fraction of sp³-hybridized carbons (Fsp3) is 0.462. The number of aliphatic imine (C=N–C) groups is 1. The first-order chi connectivity index (χ1) is 19.7. The summed E-state index contributed by atoms with van der Waals surface area (Å²) in [6, 6.07) is 3.04. The van der Waals surface area contributed by atoms with Crippen LogP contribution < -0.4 is 15.2 Å². The zero-order valence-electron chi connectivity index (χ0n) is 22.4. The van der Waals surface area contributed by atoms with E-state index in [9.17, 15) is 24.8 Å². The molecule has 0 amide bonds. The second kappa shape index (κ2) is 11.2. The van der Waals surface area contributed by atoms with Gasteiger partial charge < -0.3 is 35.0 Å². The number of likely N-dealkylation sites (tertiary alicyclic amines) is 1. The Kier molecular flexibility index (Phi) is 7.62. The maximum atomic E-state index is 15.4. The van der Waals surface area contributed by atoms with E-state index in [1.807, 2.05) is 0 Å². The van der Waals surface area contributed by atoms with Gasteiger partial charge in [0.05, 0.1) is 42.9 Å². The summed E-state index contributed by atoms with van der Waals surface area (Å²) >= 11 is 0. The van der Waals surface area contributed by atoms with Gasteiger partial charge in [-0.25, -0.2) is 14.2 Å². The molecule has 2 fully saturated rings. The van der Waals surface area contributed by atoms with Gasteiger partial charge in [0, 0.05) is 31.2 Å². The van der Waals surface area contributed by atoms with E-state index >= 15 is 4.39 Å². The quantitative estimate of drug-likeness (QED) is 0.249. The lowest BCUT2D eigenvalue weighted by Gasteiger charge is -2.39. The first kappa shape index (κ1) is 28.0. The van der Waals surface area contributed by atoms with Gasteiger partial charge in [-0.05, 0) is 31.1 Å². The number of hydrogen-bond donors (Lipinski definition) is 2. The molecular weight excluding hydrogens is 543 g/mol. The fourth-order valence-electron chi connectivity index (χ4n) is 5.29. The third-order valence-electron chi connectivity index (χ3n) is 7.50. The maximum Gasteiger partial charge on any atom is 0.340 e. The molecule has 0 bridgehead atoms. The number of Topliss-reactive ketones (excluding diaryl/α,β-unsaturated/α-hetero) is 1. The van der Waals surface area contributed by atoms with Crippen molar-refractivity contribution in [3.05, 3.63) is 51.5 Å². The summed E-state index contributed by atoms with van der Waals surface area (Å²) in [7, 11) is 2.67. The first-order valence-corrected chi connectivity index (χ1v) is 12.9. The van der Waals surface area contributed by atoms with E-state index in [2.05, 4.69) is 10.1 Å². The number of ether oxygens (including phenoxy) is 2. The van der Waals surface area contributed by atoms with Crippen LogP contribution in [0.4, 0.5) is 10.1 Å². The molecule has 1 saturated heterocycles. The average molecular weight is 573 g/mol. The number of nitrogens with zero attached hydrogens (tertiary/aromatic N) is 5. The van der Waals surface area contributed by atoms with Crippen molar-refractivity contribution in [1.82, 2.24) is 9.80 Å².